The van der Waals surface area contributed by atoms with Gasteiger partial charge >= 0.3 is 0 Å². The normalized spacial score (nSPS) is 11.0. The lowest BCUT2D eigenvalue weighted by atomic mass is 10.0. The highest BCUT2D eigenvalue weighted by atomic mass is 16.5. The minimum Gasteiger partial charge on any atom is -0.381 e. The predicted molar refractivity (Wildman–Crippen MR) is 203 cm³/mol. The smallest absolute Gasteiger partial charge is 0.0466 e. The Bertz CT molecular complexity index is 718. The van der Waals surface area contributed by atoms with E-state index in [4.69, 9.17) is 4.74 Å². The molecule has 0 spiro atoms. The number of unbranched alkanes of at least 4 members (excludes halogenated alkanes) is 26. The Morgan fingerprint density at radius 1 is 0.289 bits per heavy atom. The topological polar surface area (TPSA) is 9.23 Å². The van der Waals surface area contributed by atoms with Crippen molar-refractivity contribution >= 4 is 0 Å². The molecule has 0 aromatic heterocycles. The van der Waals surface area contributed by atoms with Crippen molar-refractivity contribution in [2.45, 2.75) is 194 Å². The van der Waals surface area contributed by atoms with E-state index in [9.17, 15) is 0 Å². The van der Waals surface area contributed by atoms with Gasteiger partial charge in [-0.3, -0.25) is 0 Å². The highest BCUT2D eigenvalue weighted by Gasteiger charge is 1.97. The summed E-state index contributed by atoms with van der Waals surface area (Å²) in [6, 6.07) is 20.8. The third kappa shape index (κ3) is 29.5. The maximum Gasteiger partial charge on any atom is 0.0466 e. The van der Waals surface area contributed by atoms with Crippen LogP contribution in [0, 0.1) is 0 Å². The molecule has 0 fully saturated rings. The first kappa shape index (κ1) is 41.4. The highest BCUT2D eigenvalue weighted by Crippen LogP contribution is 2.17. The van der Waals surface area contributed by atoms with Crippen LogP contribution in [0.25, 0.3) is 11.1 Å². The van der Waals surface area contributed by atoms with Crippen LogP contribution in [0.15, 0.2) is 60.7 Å². The summed E-state index contributed by atoms with van der Waals surface area (Å²) < 4.78 is 5.85. The lowest BCUT2D eigenvalue weighted by Gasteiger charge is -2.05. The van der Waals surface area contributed by atoms with E-state index in [1.54, 1.807) is 0 Å². The Labute approximate surface area is 282 Å². The van der Waals surface area contributed by atoms with Gasteiger partial charge in [-0.15, -0.1) is 0 Å². The van der Waals surface area contributed by atoms with E-state index in [2.05, 4.69) is 62.4 Å². The van der Waals surface area contributed by atoms with Crippen LogP contribution >= 0.6 is 0 Å². The Hall–Kier alpha value is -1.60. The molecule has 45 heavy (non-hydrogen) atoms. The van der Waals surface area contributed by atoms with Crippen LogP contribution in [0.5, 0.6) is 0 Å². The molecule has 0 aliphatic carbocycles. The number of hydrogen-bond acceptors (Lipinski definition) is 1. The lowest BCUT2D eigenvalue weighted by Crippen LogP contribution is -1.97. The van der Waals surface area contributed by atoms with Crippen molar-refractivity contribution in [3.63, 3.8) is 0 Å². The van der Waals surface area contributed by atoms with E-state index in [1.165, 1.54) is 191 Å². The van der Waals surface area contributed by atoms with Crippen molar-refractivity contribution in [1.29, 1.82) is 0 Å². The molecular weight excluding hydrogens is 544 g/mol. The Morgan fingerprint density at radius 2 is 0.511 bits per heavy atom. The average Bonchev–Trinajstić information content (AvgIpc) is 3.08. The summed E-state index contributed by atoms with van der Waals surface area (Å²) in [5.74, 6) is 0. The van der Waals surface area contributed by atoms with Crippen LogP contribution in [-0.4, -0.2) is 13.2 Å². The largest absolute Gasteiger partial charge is 0.381 e. The molecule has 0 aliphatic rings. The Kier molecular flexibility index (Phi) is 32.5. The summed E-state index contributed by atoms with van der Waals surface area (Å²) in [4.78, 5) is 0. The summed E-state index contributed by atoms with van der Waals surface area (Å²) in [6.07, 6.45) is 40.1. The zero-order chi connectivity index (χ0) is 32.1. The van der Waals surface area contributed by atoms with Crippen LogP contribution in [-0.2, 0) is 4.74 Å². The molecule has 0 unspecified atom stereocenters. The molecule has 0 saturated carbocycles. The van der Waals surface area contributed by atoms with Crippen molar-refractivity contribution in [2.24, 2.45) is 0 Å². The molecule has 0 amide bonds. The summed E-state index contributed by atoms with van der Waals surface area (Å²) in [5, 5.41) is 0. The molecular formula is C44H76O. The van der Waals surface area contributed by atoms with Gasteiger partial charge in [0, 0.05) is 13.2 Å². The number of hydrogen-bond donors (Lipinski definition) is 0. The zero-order valence-corrected chi connectivity index (χ0v) is 30.4. The van der Waals surface area contributed by atoms with Gasteiger partial charge in [0.15, 0.2) is 0 Å². The van der Waals surface area contributed by atoms with Crippen LogP contribution in [0.3, 0.4) is 0 Å². The van der Waals surface area contributed by atoms with Gasteiger partial charge in [-0.25, -0.2) is 0 Å². The van der Waals surface area contributed by atoms with Crippen LogP contribution in [0.1, 0.15) is 194 Å². The van der Waals surface area contributed by atoms with Gasteiger partial charge in [0.1, 0.15) is 0 Å². The van der Waals surface area contributed by atoms with E-state index >= 15 is 0 Å². The minimum atomic E-state index is 0.997. The van der Waals surface area contributed by atoms with Gasteiger partial charge in [0.05, 0.1) is 0 Å². The number of rotatable bonds is 31. The molecule has 1 nitrogen and oxygen atoms in total. The van der Waals surface area contributed by atoms with Crippen LogP contribution < -0.4 is 0 Å². The predicted octanol–water partition coefficient (Wildman–Crippen LogP) is 15.3. The fourth-order valence-electron chi connectivity index (χ4n) is 6.16. The van der Waals surface area contributed by atoms with Crippen molar-refractivity contribution in [2.75, 3.05) is 13.2 Å². The first-order valence-corrected chi connectivity index (χ1v) is 20.1. The number of benzene rings is 2. The molecule has 1 heteroatoms. The summed E-state index contributed by atoms with van der Waals surface area (Å²) >= 11 is 0. The van der Waals surface area contributed by atoms with Gasteiger partial charge in [-0.05, 0) is 24.0 Å². The molecule has 2 aromatic carbocycles. The van der Waals surface area contributed by atoms with E-state index in [0.717, 1.165) is 13.2 Å². The summed E-state index contributed by atoms with van der Waals surface area (Å²) in [5.41, 5.74) is 2.55. The van der Waals surface area contributed by atoms with Crippen LogP contribution in [0.4, 0.5) is 0 Å². The highest BCUT2D eigenvalue weighted by molar-refractivity contribution is 5.62. The van der Waals surface area contributed by atoms with E-state index in [0.29, 0.717) is 0 Å². The van der Waals surface area contributed by atoms with Gasteiger partial charge in [0.25, 0.3) is 0 Å². The SMILES string of the molecule is CCCCCCCCCCCCCCCCOCCCCCCCCCCCCCCCC.c1ccc(-c2ccccc2)cc1. The molecule has 0 bridgehead atoms. The van der Waals surface area contributed by atoms with E-state index < -0.39 is 0 Å². The summed E-state index contributed by atoms with van der Waals surface area (Å²) in [6.45, 7) is 6.59. The zero-order valence-electron chi connectivity index (χ0n) is 30.4. The fraction of sp³-hybridized carbons (Fsp3) is 0.727. The van der Waals surface area contributed by atoms with Crippen LogP contribution in [0.2, 0.25) is 0 Å². The van der Waals surface area contributed by atoms with Crippen molar-refractivity contribution in [3.8, 4) is 11.1 Å². The third-order valence-corrected chi connectivity index (χ3v) is 9.17. The molecule has 0 heterocycles. The van der Waals surface area contributed by atoms with Gasteiger partial charge < -0.3 is 4.74 Å². The number of ether oxygens (including phenoxy) is 1. The second kappa shape index (κ2) is 35.3. The molecule has 0 aliphatic heterocycles. The van der Waals surface area contributed by atoms with Crippen molar-refractivity contribution in [3.05, 3.63) is 60.7 Å². The molecule has 258 valence electrons. The Balaban J connectivity index is 0.000000689. The quantitative estimate of drug-likeness (QED) is 0.0762. The Morgan fingerprint density at radius 3 is 0.756 bits per heavy atom. The van der Waals surface area contributed by atoms with Crippen molar-refractivity contribution < 1.29 is 4.74 Å². The van der Waals surface area contributed by atoms with Gasteiger partial charge in [0.2, 0.25) is 0 Å². The standard InChI is InChI=1S/C32H66O.C12H10/c1-3-5-7-9-11-13-15-17-19-21-23-25-27-29-31-33-32-30-28-26-24-22-20-18-16-14-12-10-8-6-4-2;1-3-7-11(8-4-1)12-9-5-2-6-10-12/h3-32H2,1-2H3;1-10H. The van der Waals surface area contributed by atoms with Crippen molar-refractivity contribution in [1.82, 2.24) is 0 Å². The molecule has 0 radical (unpaired) electrons. The van der Waals surface area contributed by atoms with E-state index in [-0.39, 0.29) is 0 Å². The average molecular weight is 621 g/mol. The minimum absolute atomic E-state index is 0.997. The maximum atomic E-state index is 5.85. The first-order chi connectivity index (χ1) is 22.4. The molecule has 2 aromatic rings. The van der Waals surface area contributed by atoms with Gasteiger partial charge in [-0.2, -0.15) is 0 Å². The molecule has 2 rings (SSSR count). The lowest BCUT2D eigenvalue weighted by molar-refractivity contribution is 0.125. The molecule has 0 N–H and O–H groups in total. The second-order valence-electron chi connectivity index (χ2n) is 13.5. The third-order valence-electron chi connectivity index (χ3n) is 9.17. The molecule has 0 saturated heterocycles. The monoisotopic (exact) mass is 621 g/mol. The van der Waals surface area contributed by atoms with Gasteiger partial charge in [-0.1, -0.05) is 241 Å². The van der Waals surface area contributed by atoms with E-state index in [1.807, 2.05) is 12.1 Å². The second-order valence-corrected chi connectivity index (χ2v) is 13.5. The first-order valence-electron chi connectivity index (χ1n) is 20.1. The maximum absolute atomic E-state index is 5.85. The molecule has 0 atom stereocenters. The fourth-order valence-corrected chi connectivity index (χ4v) is 6.16. The summed E-state index contributed by atoms with van der Waals surface area (Å²) in [7, 11) is 0.